The van der Waals surface area contributed by atoms with Gasteiger partial charge in [-0.25, -0.2) is 0 Å². The fraction of sp³-hybridized carbons (Fsp3) is 0.429. The predicted octanol–water partition coefficient (Wildman–Crippen LogP) is 1.89. The van der Waals surface area contributed by atoms with Crippen molar-refractivity contribution in [1.29, 1.82) is 0 Å². The van der Waals surface area contributed by atoms with Crippen LogP contribution in [-0.4, -0.2) is 75.4 Å². The van der Waals surface area contributed by atoms with E-state index in [1.807, 2.05) is 35.2 Å². The van der Waals surface area contributed by atoms with Crippen LogP contribution in [0, 0.1) is 0 Å². The van der Waals surface area contributed by atoms with Crippen LogP contribution in [0.25, 0.3) is 0 Å². The van der Waals surface area contributed by atoms with E-state index in [2.05, 4.69) is 20.9 Å². The van der Waals surface area contributed by atoms with Crippen molar-refractivity contribution in [3.8, 4) is 5.75 Å². The Morgan fingerprint density at radius 3 is 2.46 bits per heavy atom. The number of para-hydroxylation sites is 2. The van der Waals surface area contributed by atoms with E-state index < -0.39 is 0 Å². The second kappa shape index (κ2) is 8.48. The number of rotatable bonds is 4. The molecule has 7 heteroatoms. The highest BCUT2D eigenvalue weighted by molar-refractivity contribution is 5.93. The van der Waals surface area contributed by atoms with Crippen molar-refractivity contribution in [1.82, 2.24) is 9.88 Å². The third-order valence-electron chi connectivity index (χ3n) is 5.33. The number of hydrogen-bond donors (Lipinski definition) is 0. The van der Waals surface area contributed by atoms with Crippen molar-refractivity contribution in [3.63, 3.8) is 0 Å². The van der Waals surface area contributed by atoms with Gasteiger partial charge in [-0.2, -0.15) is 0 Å². The molecule has 1 aromatic carbocycles. The zero-order valence-electron chi connectivity index (χ0n) is 16.2. The molecule has 0 saturated carbocycles. The fourth-order valence-electron chi connectivity index (χ4n) is 3.76. The van der Waals surface area contributed by atoms with E-state index >= 15 is 0 Å². The van der Waals surface area contributed by atoms with Crippen LogP contribution in [0.2, 0.25) is 0 Å². The number of carbonyl (C=O) groups is 1. The van der Waals surface area contributed by atoms with Gasteiger partial charge in [-0.1, -0.05) is 12.1 Å². The van der Waals surface area contributed by atoms with Gasteiger partial charge in [0.2, 0.25) is 0 Å². The Kier molecular flexibility index (Phi) is 5.62. The lowest BCUT2D eigenvalue weighted by atomic mass is 10.2. The Bertz CT molecular complexity index is 815. The fourth-order valence-corrected chi connectivity index (χ4v) is 3.76. The van der Waals surface area contributed by atoms with Crippen LogP contribution in [-0.2, 0) is 4.74 Å². The highest BCUT2D eigenvalue weighted by atomic mass is 16.5. The van der Waals surface area contributed by atoms with Gasteiger partial charge in [0.15, 0.2) is 0 Å². The number of nitrogens with zero attached hydrogens (tertiary/aromatic N) is 4. The molecule has 0 unspecified atom stereocenters. The number of anilines is 2. The van der Waals surface area contributed by atoms with Crippen molar-refractivity contribution in [3.05, 3.63) is 48.3 Å². The molecule has 0 bridgehead atoms. The predicted molar refractivity (Wildman–Crippen MR) is 108 cm³/mol. The summed E-state index contributed by atoms with van der Waals surface area (Å²) in [7, 11) is 1.71. The van der Waals surface area contributed by atoms with Crippen LogP contribution in [0.15, 0.2) is 42.6 Å². The second-order valence-electron chi connectivity index (χ2n) is 6.95. The molecule has 28 heavy (non-hydrogen) atoms. The SMILES string of the molecule is COc1ccccc1N1CCN(c2ccnc(C(=O)N3CCOCC3)c2)CC1. The minimum absolute atomic E-state index is 0.0159. The summed E-state index contributed by atoms with van der Waals surface area (Å²) in [5.41, 5.74) is 2.68. The van der Waals surface area contributed by atoms with Gasteiger partial charge in [0.1, 0.15) is 11.4 Å². The van der Waals surface area contributed by atoms with Gasteiger partial charge >= 0.3 is 0 Å². The highest BCUT2D eigenvalue weighted by Gasteiger charge is 2.23. The van der Waals surface area contributed by atoms with E-state index in [1.165, 1.54) is 0 Å². The Labute approximate surface area is 165 Å². The highest BCUT2D eigenvalue weighted by Crippen LogP contribution is 2.29. The maximum absolute atomic E-state index is 12.7. The molecular formula is C21H26N4O3. The lowest BCUT2D eigenvalue weighted by molar-refractivity contribution is 0.0299. The molecule has 2 aliphatic rings. The van der Waals surface area contributed by atoms with Crippen LogP contribution < -0.4 is 14.5 Å². The minimum Gasteiger partial charge on any atom is -0.495 e. The van der Waals surface area contributed by atoms with Gasteiger partial charge in [0, 0.05) is 51.2 Å². The van der Waals surface area contributed by atoms with Gasteiger partial charge in [-0.15, -0.1) is 0 Å². The second-order valence-corrected chi connectivity index (χ2v) is 6.95. The molecule has 3 heterocycles. The molecular weight excluding hydrogens is 356 g/mol. The van der Waals surface area contributed by atoms with Crippen LogP contribution in [0.5, 0.6) is 5.75 Å². The van der Waals surface area contributed by atoms with Crippen LogP contribution >= 0.6 is 0 Å². The van der Waals surface area contributed by atoms with Crippen LogP contribution in [0.4, 0.5) is 11.4 Å². The van der Waals surface area contributed by atoms with Crippen LogP contribution in [0.3, 0.4) is 0 Å². The molecule has 7 nitrogen and oxygen atoms in total. The van der Waals surface area contributed by atoms with Crippen molar-refractivity contribution < 1.29 is 14.3 Å². The standard InChI is InChI=1S/C21H26N4O3/c1-27-20-5-3-2-4-19(20)24-10-8-23(9-11-24)17-6-7-22-18(16-17)21(26)25-12-14-28-15-13-25/h2-7,16H,8-15H2,1H3. The summed E-state index contributed by atoms with van der Waals surface area (Å²) < 4.78 is 10.8. The number of ether oxygens (including phenoxy) is 2. The summed E-state index contributed by atoms with van der Waals surface area (Å²) in [6.45, 7) is 6.00. The summed E-state index contributed by atoms with van der Waals surface area (Å²) in [4.78, 5) is 23.5. The molecule has 2 aliphatic heterocycles. The maximum atomic E-state index is 12.7. The first-order valence-electron chi connectivity index (χ1n) is 9.72. The summed E-state index contributed by atoms with van der Waals surface area (Å²) in [6.07, 6.45) is 1.73. The summed E-state index contributed by atoms with van der Waals surface area (Å²) in [6, 6.07) is 12.0. The minimum atomic E-state index is -0.0159. The summed E-state index contributed by atoms with van der Waals surface area (Å²) in [5, 5.41) is 0. The van der Waals surface area contributed by atoms with Crippen molar-refractivity contribution in [2.75, 3.05) is 69.4 Å². The van der Waals surface area contributed by atoms with Crippen molar-refractivity contribution in [2.45, 2.75) is 0 Å². The molecule has 0 radical (unpaired) electrons. The number of morpholine rings is 1. The first-order valence-corrected chi connectivity index (χ1v) is 9.72. The van der Waals surface area contributed by atoms with E-state index in [1.54, 1.807) is 13.3 Å². The van der Waals surface area contributed by atoms with E-state index in [0.717, 1.165) is 43.3 Å². The number of amides is 1. The lowest BCUT2D eigenvalue weighted by Gasteiger charge is -2.38. The largest absolute Gasteiger partial charge is 0.495 e. The molecule has 0 atom stereocenters. The van der Waals surface area contributed by atoms with E-state index in [-0.39, 0.29) is 5.91 Å². The Morgan fingerprint density at radius 2 is 1.71 bits per heavy atom. The quantitative estimate of drug-likeness (QED) is 0.805. The molecule has 0 N–H and O–H groups in total. The molecule has 0 spiro atoms. The average Bonchev–Trinajstić information content (AvgIpc) is 2.79. The smallest absolute Gasteiger partial charge is 0.272 e. The van der Waals surface area contributed by atoms with E-state index in [9.17, 15) is 4.79 Å². The van der Waals surface area contributed by atoms with Crippen LogP contribution in [0.1, 0.15) is 10.5 Å². The number of aromatic nitrogens is 1. The average molecular weight is 382 g/mol. The zero-order chi connectivity index (χ0) is 19.3. The zero-order valence-corrected chi connectivity index (χ0v) is 16.2. The summed E-state index contributed by atoms with van der Waals surface area (Å²) >= 11 is 0. The molecule has 1 aromatic heterocycles. The Balaban J connectivity index is 1.43. The van der Waals surface area contributed by atoms with Gasteiger partial charge < -0.3 is 24.2 Å². The molecule has 0 aliphatic carbocycles. The van der Waals surface area contributed by atoms with Gasteiger partial charge in [-0.05, 0) is 24.3 Å². The van der Waals surface area contributed by atoms with Gasteiger partial charge in [0.25, 0.3) is 5.91 Å². The number of pyridine rings is 1. The normalized spacial score (nSPS) is 17.5. The molecule has 4 rings (SSSR count). The van der Waals surface area contributed by atoms with Crippen molar-refractivity contribution >= 4 is 17.3 Å². The summed E-state index contributed by atoms with van der Waals surface area (Å²) in [5.74, 6) is 0.885. The van der Waals surface area contributed by atoms with Gasteiger partial charge in [-0.3, -0.25) is 9.78 Å². The lowest BCUT2D eigenvalue weighted by Crippen LogP contribution is -2.46. The first kappa shape index (κ1) is 18.6. The number of methoxy groups -OCH3 is 1. The van der Waals surface area contributed by atoms with Gasteiger partial charge in [0.05, 0.1) is 26.0 Å². The van der Waals surface area contributed by atoms with E-state index in [0.29, 0.717) is 32.0 Å². The number of piperazine rings is 1. The monoisotopic (exact) mass is 382 g/mol. The Hall–Kier alpha value is -2.80. The number of benzene rings is 1. The Morgan fingerprint density at radius 1 is 1.00 bits per heavy atom. The molecule has 2 saturated heterocycles. The van der Waals surface area contributed by atoms with Crippen molar-refractivity contribution in [2.24, 2.45) is 0 Å². The molecule has 1 amide bonds. The topological polar surface area (TPSA) is 58.1 Å². The molecule has 148 valence electrons. The number of hydrogen-bond acceptors (Lipinski definition) is 6. The number of carbonyl (C=O) groups excluding carboxylic acids is 1. The van der Waals surface area contributed by atoms with E-state index in [4.69, 9.17) is 9.47 Å². The molecule has 2 aromatic rings. The third-order valence-corrected chi connectivity index (χ3v) is 5.33. The molecule has 2 fully saturated rings. The first-order chi connectivity index (χ1) is 13.8. The maximum Gasteiger partial charge on any atom is 0.272 e. The third kappa shape index (κ3) is 3.89.